The average molecular weight is 614 g/mol. The van der Waals surface area contributed by atoms with Crippen LogP contribution < -0.4 is 21.3 Å². The second-order valence-corrected chi connectivity index (χ2v) is 13.2. The molecular weight excluding hydrogens is 566 g/mol. The van der Waals surface area contributed by atoms with E-state index < -0.39 is 17.7 Å². The van der Waals surface area contributed by atoms with Crippen LogP contribution >= 0.6 is 0 Å². The van der Waals surface area contributed by atoms with E-state index in [0.717, 1.165) is 23.4 Å². The summed E-state index contributed by atoms with van der Waals surface area (Å²) in [5.41, 5.74) is 3.78. The molecule has 1 unspecified atom stereocenters. The molecule has 0 saturated carbocycles. The van der Waals surface area contributed by atoms with Crippen LogP contribution in [0.1, 0.15) is 64.3 Å². The first-order chi connectivity index (χ1) is 21.1. The molecule has 4 N–H and O–H groups in total. The van der Waals surface area contributed by atoms with Crippen molar-refractivity contribution >= 4 is 41.0 Å². The van der Waals surface area contributed by atoms with E-state index in [-0.39, 0.29) is 17.2 Å². The van der Waals surface area contributed by atoms with Gasteiger partial charge in [-0.05, 0) is 87.3 Å². The zero-order valence-corrected chi connectivity index (χ0v) is 27.7. The van der Waals surface area contributed by atoms with Crippen LogP contribution in [0.2, 0.25) is 0 Å². The molecule has 0 radical (unpaired) electrons. The van der Waals surface area contributed by atoms with Gasteiger partial charge in [-0.1, -0.05) is 69.3 Å². The number of nitrogens with zero attached hydrogens (tertiary/aromatic N) is 1. The highest BCUT2D eigenvalue weighted by Crippen LogP contribution is 2.25. The summed E-state index contributed by atoms with van der Waals surface area (Å²) < 4.78 is 5.32. The standard InChI is InChI=1S/C36H47N5O4/c1-35(2,3)27-18-20-28(21-19-27)38-33(43)32(37-23-24-41(7)8)26-16-13-25(14-17-26)15-22-31(42)39-29-11-9-10-12-30(29)40-34(44)45-36(4,5)6/h9-22,32,37H,23-24H2,1-8H3,(H,38,43)(H,39,42)(H,40,44)/b22-15+. The average Bonchev–Trinajstić information content (AvgIpc) is 2.94. The van der Waals surface area contributed by atoms with E-state index in [1.54, 1.807) is 51.1 Å². The van der Waals surface area contributed by atoms with Gasteiger partial charge < -0.3 is 25.6 Å². The number of likely N-dealkylation sites (N-methyl/N-ethyl adjacent to an activating group) is 1. The van der Waals surface area contributed by atoms with E-state index in [0.29, 0.717) is 17.9 Å². The highest BCUT2D eigenvalue weighted by atomic mass is 16.6. The summed E-state index contributed by atoms with van der Waals surface area (Å²) in [6, 6.07) is 21.8. The van der Waals surface area contributed by atoms with Gasteiger partial charge in [0, 0.05) is 24.9 Å². The number of nitrogens with one attached hydrogen (secondary N) is 4. The predicted molar refractivity (Wildman–Crippen MR) is 183 cm³/mol. The van der Waals surface area contributed by atoms with Gasteiger partial charge >= 0.3 is 6.09 Å². The van der Waals surface area contributed by atoms with Crippen LogP contribution in [-0.4, -0.2) is 55.6 Å². The van der Waals surface area contributed by atoms with Gasteiger partial charge in [-0.3, -0.25) is 14.9 Å². The molecule has 0 aliphatic rings. The molecule has 3 aromatic rings. The van der Waals surface area contributed by atoms with Gasteiger partial charge in [0.15, 0.2) is 0 Å². The largest absolute Gasteiger partial charge is 0.444 e. The third-order valence-electron chi connectivity index (χ3n) is 6.71. The van der Waals surface area contributed by atoms with E-state index in [1.807, 2.05) is 62.6 Å². The minimum Gasteiger partial charge on any atom is -0.444 e. The van der Waals surface area contributed by atoms with Crippen LogP contribution in [0.3, 0.4) is 0 Å². The number of carbonyl (C=O) groups is 3. The molecule has 0 bridgehead atoms. The fraction of sp³-hybridized carbons (Fsp3) is 0.361. The predicted octanol–water partition coefficient (Wildman–Crippen LogP) is 6.81. The molecule has 9 heteroatoms. The second kappa shape index (κ2) is 15.5. The normalized spacial score (nSPS) is 12.6. The highest BCUT2D eigenvalue weighted by Gasteiger charge is 2.21. The molecule has 0 aliphatic heterocycles. The summed E-state index contributed by atoms with van der Waals surface area (Å²) >= 11 is 0. The number of ether oxygens (including phenoxy) is 1. The van der Waals surface area contributed by atoms with Gasteiger partial charge in [-0.15, -0.1) is 0 Å². The molecule has 1 atom stereocenters. The van der Waals surface area contributed by atoms with E-state index in [4.69, 9.17) is 4.74 Å². The van der Waals surface area contributed by atoms with Crippen molar-refractivity contribution in [3.05, 3.63) is 95.6 Å². The molecule has 240 valence electrons. The summed E-state index contributed by atoms with van der Waals surface area (Å²) in [7, 11) is 3.97. The molecule has 3 aromatic carbocycles. The Morgan fingerprint density at radius 1 is 0.800 bits per heavy atom. The maximum absolute atomic E-state index is 13.4. The number of carbonyl (C=O) groups excluding carboxylic acids is 3. The SMILES string of the molecule is CN(C)CCNC(C(=O)Nc1ccc(C(C)(C)C)cc1)c1ccc(/C=C/C(=O)Nc2ccccc2NC(=O)OC(C)(C)C)cc1. The van der Waals surface area contributed by atoms with Crippen LogP contribution in [0.5, 0.6) is 0 Å². The minimum absolute atomic E-state index is 0.0269. The summed E-state index contributed by atoms with van der Waals surface area (Å²) in [4.78, 5) is 40.4. The van der Waals surface area contributed by atoms with Crippen LogP contribution in [0.15, 0.2) is 78.9 Å². The van der Waals surface area contributed by atoms with Gasteiger partial charge in [-0.2, -0.15) is 0 Å². The van der Waals surface area contributed by atoms with E-state index >= 15 is 0 Å². The molecule has 0 heterocycles. The number of rotatable bonds is 11. The van der Waals surface area contributed by atoms with Crippen LogP contribution in [0.25, 0.3) is 6.08 Å². The van der Waals surface area contributed by atoms with Crippen molar-refractivity contribution in [2.45, 2.75) is 58.6 Å². The quantitative estimate of drug-likeness (QED) is 0.177. The molecule has 0 aliphatic carbocycles. The lowest BCUT2D eigenvalue weighted by Gasteiger charge is -2.22. The first-order valence-corrected chi connectivity index (χ1v) is 15.1. The zero-order chi connectivity index (χ0) is 33.2. The van der Waals surface area contributed by atoms with Gasteiger partial charge in [0.25, 0.3) is 0 Å². The van der Waals surface area contributed by atoms with Crippen molar-refractivity contribution in [3.63, 3.8) is 0 Å². The monoisotopic (exact) mass is 613 g/mol. The maximum Gasteiger partial charge on any atom is 0.412 e. The van der Waals surface area contributed by atoms with E-state index in [2.05, 4.69) is 46.9 Å². The molecule has 0 saturated heterocycles. The Morgan fingerprint density at radius 3 is 1.96 bits per heavy atom. The van der Waals surface area contributed by atoms with Crippen LogP contribution in [0, 0.1) is 0 Å². The fourth-order valence-corrected chi connectivity index (χ4v) is 4.32. The summed E-state index contributed by atoms with van der Waals surface area (Å²) in [5, 5.41) is 11.9. The number of anilines is 3. The lowest BCUT2D eigenvalue weighted by atomic mass is 9.87. The van der Waals surface area contributed by atoms with Crippen LogP contribution in [-0.2, 0) is 19.7 Å². The third-order valence-corrected chi connectivity index (χ3v) is 6.71. The Morgan fingerprint density at radius 2 is 1.40 bits per heavy atom. The second-order valence-electron chi connectivity index (χ2n) is 13.2. The maximum atomic E-state index is 13.4. The molecule has 9 nitrogen and oxygen atoms in total. The molecule has 0 aromatic heterocycles. The Kier molecular flexibility index (Phi) is 12.1. The molecule has 3 amide bonds. The Bertz CT molecular complexity index is 1470. The lowest BCUT2D eigenvalue weighted by Crippen LogP contribution is -2.36. The van der Waals surface area contributed by atoms with Crippen molar-refractivity contribution < 1.29 is 19.1 Å². The first kappa shape index (κ1) is 35.0. The summed E-state index contributed by atoms with van der Waals surface area (Å²) in [5.74, 6) is -0.517. The van der Waals surface area contributed by atoms with Crippen molar-refractivity contribution in [1.82, 2.24) is 10.2 Å². The van der Waals surface area contributed by atoms with Crippen LogP contribution in [0.4, 0.5) is 21.9 Å². The number of hydrogen-bond acceptors (Lipinski definition) is 6. The smallest absolute Gasteiger partial charge is 0.412 e. The fourth-order valence-electron chi connectivity index (χ4n) is 4.32. The first-order valence-electron chi connectivity index (χ1n) is 15.1. The van der Waals surface area contributed by atoms with Gasteiger partial charge in [0.2, 0.25) is 11.8 Å². The topological polar surface area (TPSA) is 112 Å². The Balaban J connectivity index is 1.68. The van der Waals surface area contributed by atoms with E-state index in [1.165, 1.54) is 11.6 Å². The van der Waals surface area contributed by atoms with Crippen molar-refractivity contribution in [1.29, 1.82) is 0 Å². The Labute approximate surface area is 267 Å². The molecular formula is C36H47N5O4. The molecule has 0 fully saturated rings. The van der Waals surface area contributed by atoms with Gasteiger partial charge in [-0.25, -0.2) is 4.79 Å². The lowest BCUT2D eigenvalue weighted by molar-refractivity contribution is -0.118. The van der Waals surface area contributed by atoms with E-state index in [9.17, 15) is 14.4 Å². The molecule has 0 spiro atoms. The number of para-hydroxylation sites is 2. The molecule has 3 rings (SSSR count). The Hall–Kier alpha value is -4.47. The number of hydrogen-bond donors (Lipinski definition) is 4. The third kappa shape index (κ3) is 11.9. The van der Waals surface area contributed by atoms with Gasteiger partial charge in [0.05, 0.1) is 11.4 Å². The summed E-state index contributed by atoms with van der Waals surface area (Å²) in [6.07, 6.45) is 2.50. The van der Waals surface area contributed by atoms with Crippen molar-refractivity contribution in [2.24, 2.45) is 0 Å². The van der Waals surface area contributed by atoms with Crippen molar-refractivity contribution in [2.75, 3.05) is 43.1 Å². The zero-order valence-electron chi connectivity index (χ0n) is 27.7. The molecule has 45 heavy (non-hydrogen) atoms. The highest BCUT2D eigenvalue weighted by molar-refractivity contribution is 6.05. The minimum atomic E-state index is -0.648. The number of benzene rings is 3. The van der Waals surface area contributed by atoms with Crippen molar-refractivity contribution in [3.8, 4) is 0 Å². The summed E-state index contributed by atoms with van der Waals surface area (Å²) in [6.45, 7) is 13.2. The number of amides is 3. The van der Waals surface area contributed by atoms with Gasteiger partial charge in [0.1, 0.15) is 11.6 Å².